The Bertz CT molecular complexity index is 958. The number of benzene rings is 2. The molecule has 1 aromatic heterocycles. The van der Waals surface area contributed by atoms with Gasteiger partial charge in [-0.3, -0.25) is 0 Å². The number of methoxy groups -OCH3 is 4. The van der Waals surface area contributed by atoms with Crippen LogP contribution in [0.5, 0.6) is 28.7 Å². The van der Waals surface area contributed by atoms with Gasteiger partial charge < -0.3 is 28.3 Å². The molecular weight excluding hydrogens is 384 g/mol. The molecule has 0 aliphatic rings. The van der Waals surface area contributed by atoms with E-state index < -0.39 is 0 Å². The van der Waals surface area contributed by atoms with Crippen LogP contribution < -0.4 is 23.7 Å². The van der Waals surface area contributed by atoms with E-state index in [1.807, 2.05) is 53.2 Å². The molecule has 3 rings (SSSR count). The molecule has 0 amide bonds. The summed E-state index contributed by atoms with van der Waals surface area (Å²) >= 11 is 0. The molecule has 0 N–H and O–H groups in total. The van der Waals surface area contributed by atoms with Gasteiger partial charge in [-0.2, -0.15) is 0 Å². The van der Waals surface area contributed by atoms with Crippen molar-refractivity contribution in [3.8, 4) is 28.7 Å². The molecule has 0 aliphatic carbocycles. The molecule has 0 fully saturated rings. The fourth-order valence-electron chi connectivity index (χ4n) is 2.98. The van der Waals surface area contributed by atoms with Crippen molar-refractivity contribution in [2.45, 2.75) is 6.54 Å². The second-order valence-corrected chi connectivity index (χ2v) is 6.35. The second-order valence-electron chi connectivity index (χ2n) is 6.35. The first-order chi connectivity index (χ1) is 14.7. The number of hydrogen-bond donors (Lipinski definition) is 0. The SMILES string of the molecule is COc1ccc(/C=C\c2cc(OC)c(OC)c(OC)c2)cc1OCCn1ccnc1. The molecule has 7 heteroatoms. The fraction of sp³-hybridized carbons (Fsp3) is 0.261. The van der Waals surface area contributed by atoms with Crippen molar-refractivity contribution in [1.82, 2.24) is 9.55 Å². The van der Waals surface area contributed by atoms with Gasteiger partial charge in [0.25, 0.3) is 0 Å². The fourth-order valence-corrected chi connectivity index (χ4v) is 2.98. The zero-order valence-corrected chi connectivity index (χ0v) is 17.6. The zero-order chi connectivity index (χ0) is 21.3. The van der Waals surface area contributed by atoms with Crippen LogP contribution in [-0.4, -0.2) is 44.6 Å². The summed E-state index contributed by atoms with van der Waals surface area (Å²) < 4.78 is 29.5. The van der Waals surface area contributed by atoms with Crippen molar-refractivity contribution in [3.63, 3.8) is 0 Å². The third kappa shape index (κ3) is 5.05. The highest BCUT2D eigenvalue weighted by Crippen LogP contribution is 2.38. The Hall–Kier alpha value is -3.61. The van der Waals surface area contributed by atoms with Crippen molar-refractivity contribution in [2.24, 2.45) is 0 Å². The van der Waals surface area contributed by atoms with Gasteiger partial charge in [0.05, 0.1) is 41.3 Å². The standard InChI is InChI=1S/C23H26N2O5/c1-26-19-8-7-17(13-20(19)30-12-11-25-10-9-24-16-25)5-6-18-14-21(27-2)23(29-4)22(15-18)28-3/h5-10,13-16H,11-12H2,1-4H3/b6-5-. The molecule has 158 valence electrons. The van der Waals surface area contributed by atoms with Gasteiger partial charge in [0, 0.05) is 12.4 Å². The predicted molar refractivity (Wildman–Crippen MR) is 116 cm³/mol. The molecule has 0 saturated heterocycles. The maximum Gasteiger partial charge on any atom is 0.203 e. The summed E-state index contributed by atoms with van der Waals surface area (Å²) in [5.41, 5.74) is 1.89. The number of ether oxygens (including phenoxy) is 5. The van der Waals surface area contributed by atoms with Gasteiger partial charge in [0.15, 0.2) is 23.0 Å². The van der Waals surface area contributed by atoms with E-state index in [0.717, 1.165) is 11.1 Å². The van der Waals surface area contributed by atoms with Crippen molar-refractivity contribution in [3.05, 3.63) is 60.2 Å². The largest absolute Gasteiger partial charge is 0.493 e. The van der Waals surface area contributed by atoms with E-state index in [2.05, 4.69) is 4.98 Å². The van der Waals surface area contributed by atoms with Crippen LogP contribution in [0.2, 0.25) is 0 Å². The summed E-state index contributed by atoms with van der Waals surface area (Å²) in [7, 11) is 6.41. The second kappa shape index (κ2) is 10.2. The van der Waals surface area contributed by atoms with Crippen LogP contribution in [0.1, 0.15) is 11.1 Å². The molecule has 2 aromatic carbocycles. The zero-order valence-electron chi connectivity index (χ0n) is 17.6. The molecule has 3 aromatic rings. The van der Waals surface area contributed by atoms with E-state index in [9.17, 15) is 0 Å². The maximum atomic E-state index is 5.93. The van der Waals surface area contributed by atoms with E-state index in [0.29, 0.717) is 41.9 Å². The van der Waals surface area contributed by atoms with Crippen molar-refractivity contribution in [2.75, 3.05) is 35.0 Å². The number of imidazole rings is 1. The molecule has 0 atom stereocenters. The lowest BCUT2D eigenvalue weighted by Crippen LogP contribution is -2.07. The molecule has 0 saturated carbocycles. The average Bonchev–Trinajstić information content (AvgIpc) is 3.30. The van der Waals surface area contributed by atoms with Crippen molar-refractivity contribution >= 4 is 12.2 Å². The topological polar surface area (TPSA) is 64.0 Å². The number of hydrogen-bond acceptors (Lipinski definition) is 6. The highest BCUT2D eigenvalue weighted by molar-refractivity contribution is 5.73. The van der Waals surface area contributed by atoms with Crippen LogP contribution in [-0.2, 0) is 6.54 Å². The van der Waals surface area contributed by atoms with Crippen molar-refractivity contribution in [1.29, 1.82) is 0 Å². The summed E-state index contributed by atoms with van der Waals surface area (Å²) in [5, 5.41) is 0. The van der Waals surface area contributed by atoms with E-state index in [1.54, 1.807) is 41.0 Å². The van der Waals surface area contributed by atoms with Crippen LogP contribution >= 0.6 is 0 Å². The minimum atomic E-state index is 0.507. The van der Waals surface area contributed by atoms with Crippen LogP contribution in [0.4, 0.5) is 0 Å². The smallest absolute Gasteiger partial charge is 0.203 e. The van der Waals surface area contributed by atoms with Gasteiger partial charge in [0.1, 0.15) is 6.61 Å². The van der Waals surface area contributed by atoms with Gasteiger partial charge in [-0.05, 0) is 35.4 Å². The number of aromatic nitrogens is 2. The van der Waals surface area contributed by atoms with E-state index in [4.69, 9.17) is 23.7 Å². The molecule has 0 bridgehead atoms. The first-order valence-corrected chi connectivity index (χ1v) is 9.43. The Morgan fingerprint density at radius 1 is 0.800 bits per heavy atom. The van der Waals surface area contributed by atoms with Crippen LogP contribution in [0.25, 0.3) is 12.2 Å². The van der Waals surface area contributed by atoms with E-state index in [-0.39, 0.29) is 0 Å². The molecular formula is C23H26N2O5. The van der Waals surface area contributed by atoms with E-state index in [1.165, 1.54) is 0 Å². The third-order valence-electron chi connectivity index (χ3n) is 4.51. The Labute approximate surface area is 176 Å². The highest BCUT2D eigenvalue weighted by atomic mass is 16.5. The summed E-state index contributed by atoms with van der Waals surface area (Å²) in [5.74, 6) is 3.15. The molecule has 0 unspecified atom stereocenters. The Morgan fingerprint density at radius 2 is 1.47 bits per heavy atom. The van der Waals surface area contributed by atoms with E-state index >= 15 is 0 Å². The maximum absolute atomic E-state index is 5.93. The molecule has 0 spiro atoms. The summed E-state index contributed by atoms with van der Waals surface area (Å²) in [4.78, 5) is 4.03. The third-order valence-corrected chi connectivity index (χ3v) is 4.51. The Kier molecular flexibility index (Phi) is 7.21. The molecule has 0 aliphatic heterocycles. The number of rotatable bonds is 10. The summed E-state index contributed by atoms with van der Waals surface area (Å²) in [6.45, 7) is 1.21. The van der Waals surface area contributed by atoms with Crippen LogP contribution in [0.15, 0.2) is 49.1 Å². The minimum Gasteiger partial charge on any atom is -0.493 e. The van der Waals surface area contributed by atoms with Crippen LogP contribution in [0.3, 0.4) is 0 Å². The quantitative estimate of drug-likeness (QED) is 0.468. The average molecular weight is 410 g/mol. The van der Waals surface area contributed by atoms with Crippen LogP contribution in [0, 0.1) is 0 Å². The Balaban J connectivity index is 1.78. The van der Waals surface area contributed by atoms with Gasteiger partial charge in [-0.25, -0.2) is 4.98 Å². The van der Waals surface area contributed by atoms with Gasteiger partial charge in [0.2, 0.25) is 5.75 Å². The molecule has 1 heterocycles. The molecule has 30 heavy (non-hydrogen) atoms. The normalized spacial score (nSPS) is 10.8. The van der Waals surface area contributed by atoms with Crippen molar-refractivity contribution < 1.29 is 23.7 Å². The highest BCUT2D eigenvalue weighted by Gasteiger charge is 2.12. The lowest BCUT2D eigenvalue weighted by atomic mass is 10.1. The lowest BCUT2D eigenvalue weighted by Gasteiger charge is -2.13. The first-order valence-electron chi connectivity index (χ1n) is 9.43. The first kappa shape index (κ1) is 21.1. The molecule has 0 radical (unpaired) electrons. The van der Waals surface area contributed by atoms with Gasteiger partial charge in [-0.15, -0.1) is 0 Å². The number of nitrogens with zero attached hydrogens (tertiary/aromatic N) is 2. The lowest BCUT2D eigenvalue weighted by molar-refractivity contribution is 0.279. The Morgan fingerprint density at radius 3 is 2.07 bits per heavy atom. The van der Waals surface area contributed by atoms with Gasteiger partial charge >= 0.3 is 0 Å². The monoisotopic (exact) mass is 410 g/mol. The minimum absolute atomic E-state index is 0.507. The summed E-state index contributed by atoms with van der Waals surface area (Å²) in [6.07, 6.45) is 9.37. The molecule has 7 nitrogen and oxygen atoms in total. The van der Waals surface area contributed by atoms with Gasteiger partial charge in [-0.1, -0.05) is 18.2 Å². The summed E-state index contributed by atoms with van der Waals surface area (Å²) in [6, 6.07) is 9.59. The predicted octanol–water partition coefficient (Wildman–Crippen LogP) is 4.17.